The molecule has 0 fully saturated rings. The van der Waals surface area contributed by atoms with E-state index in [4.69, 9.17) is 19.9 Å². The molecule has 0 aliphatic rings. The highest BCUT2D eigenvalue weighted by Gasteiger charge is 2.37. The number of aromatic amines is 2. The van der Waals surface area contributed by atoms with Crippen molar-refractivity contribution in [1.29, 1.82) is 0 Å². The van der Waals surface area contributed by atoms with Crippen LogP contribution in [0.5, 0.6) is 0 Å². The zero-order valence-corrected chi connectivity index (χ0v) is 23.5. The molecule has 0 atom stereocenters. The summed E-state index contributed by atoms with van der Waals surface area (Å²) in [5.41, 5.74) is 5.06. The third-order valence-electron chi connectivity index (χ3n) is 7.32. The fourth-order valence-electron chi connectivity index (χ4n) is 4.53. The normalized spacial score (nSPS) is 13.1. The van der Waals surface area contributed by atoms with E-state index in [2.05, 4.69) is 74.4 Å². The van der Waals surface area contributed by atoms with Crippen LogP contribution in [0.25, 0.3) is 22.1 Å². The largest absolute Gasteiger partial charge is 0.341 e. The summed E-state index contributed by atoms with van der Waals surface area (Å²) < 4.78 is 0. The summed E-state index contributed by atoms with van der Waals surface area (Å²) in [5, 5.41) is 6.43. The van der Waals surface area contributed by atoms with E-state index in [1.54, 1.807) is 22.7 Å². The van der Waals surface area contributed by atoms with E-state index in [1.807, 2.05) is 36.4 Å². The Kier molecular flexibility index (Phi) is 5.40. The molecule has 0 aliphatic heterocycles. The molecule has 0 bridgehead atoms. The van der Waals surface area contributed by atoms with Crippen LogP contribution >= 0.6 is 22.7 Å². The minimum atomic E-state index is -0.346. The molecule has 4 aromatic heterocycles. The van der Waals surface area contributed by atoms with Crippen LogP contribution in [0.2, 0.25) is 0 Å². The van der Waals surface area contributed by atoms with Crippen molar-refractivity contribution >= 4 is 44.7 Å². The number of H-pyrrole nitrogens is 2. The molecule has 0 saturated carbocycles. The summed E-state index contributed by atoms with van der Waals surface area (Å²) >= 11 is 3.38. The van der Waals surface area contributed by atoms with Crippen molar-refractivity contribution in [3.63, 3.8) is 0 Å². The van der Waals surface area contributed by atoms with Gasteiger partial charge in [0, 0.05) is 10.8 Å². The van der Waals surface area contributed by atoms with Gasteiger partial charge >= 0.3 is 0 Å². The Morgan fingerprint density at radius 3 is 1.35 bits per heavy atom. The first-order valence-electron chi connectivity index (χ1n) is 12.4. The van der Waals surface area contributed by atoms with Gasteiger partial charge in [0.2, 0.25) is 0 Å². The van der Waals surface area contributed by atoms with Gasteiger partial charge in [-0.3, -0.25) is 0 Å². The van der Waals surface area contributed by atoms with Crippen molar-refractivity contribution in [2.45, 2.75) is 57.8 Å². The predicted octanol–water partition coefficient (Wildman–Crippen LogP) is 7.33. The molecule has 0 spiro atoms. The van der Waals surface area contributed by atoms with Crippen molar-refractivity contribution < 1.29 is 0 Å². The fraction of sp³-hybridized carbons (Fsp3) is 0.310. The molecule has 0 radical (unpaired) electrons. The summed E-state index contributed by atoms with van der Waals surface area (Å²) in [5.74, 6) is 1.85. The molecule has 8 heteroatoms. The molecule has 188 valence electrons. The van der Waals surface area contributed by atoms with Crippen LogP contribution in [0.3, 0.4) is 0 Å². The van der Waals surface area contributed by atoms with Gasteiger partial charge in [-0.05, 0) is 65.8 Å². The number of hydrogen-bond acceptors (Lipinski definition) is 6. The highest BCUT2D eigenvalue weighted by Crippen LogP contribution is 2.41. The van der Waals surface area contributed by atoms with E-state index >= 15 is 0 Å². The van der Waals surface area contributed by atoms with Gasteiger partial charge in [0.1, 0.15) is 21.7 Å². The van der Waals surface area contributed by atoms with Crippen LogP contribution in [0, 0.1) is 0 Å². The Morgan fingerprint density at radius 2 is 0.946 bits per heavy atom. The Hall–Kier alpha value is -3.36. The highest BCUT2D eigenvalue weighted by molar-refractivity contribution is 7.11. The van der Waals surface area contributed by atoms with E-state index in [1.165, 1.54) is 0 Å². The van der Waals surface area contributed by atoms with Crippen LogP contribution in [0.15, 0.2) is 59.3 Å². The number of aromatic nitrogens is 6. The van der Waals surface area contributed by atoms with Crippen molar-refractivity contribution in [2.75, 3.05) is 0 Å². The third kappa shape index (κ3) is 3.90. The standard InChI is InChI=1S/C29H30N6S2/c1-27(2,23-30-17-11-7-8-12-18(17)31-23)21-15-36-25(34-21)29(5,6)26-35-22(16-37-26)28(3,4)24-32-19-13-9-10-14-20(19)33-24/h7-16H,1-6H3,(H,30,31)(H,32,33). The zero-order valence-electron chi connectivity index (χ0n) is 21.9. The SMILES string of the molecule is CC(C)(c1csc(C(C)(C)c2nc(C(C)(C)c3nc4ccccc4[nH]3)cs2)n1)c1nc2ccccc2[nH]1. The lowest BCUT2D eigenvalue weighted by molar-refractivity contribution is 0.557. The first-order chi connectivity index (χ1) is 17.6. The first-order valence-corrected chi connectivity index (χ1v) is 14.2. The number of benzene rings is 2. The van der Waals surface area contributed by atoms with Gasteiger partial charge in [-0.2, -0.15) is 0 Å². The molecule has 6 aromatic rings. The topological polar surface area (TPSA) is 83.1 Å². The van der Waals surface area contributed by atoms with Gasteiger partial charge in [-0.15, -0.1) is 22.7 Å². The minimum Gasteiger partial charge on any atom is -0.341 e. The number of thiazole rings is 2. The monoisotopic (exact) mass is 526 g/mol. The van der Waals surface area contributed by atoms with E-state index < -0.39 is 0 Å². The Labute approximate surface area is 224 Å². The quantitative estimate of drug-likeness (QED) is 0.238. The molecule has 6 nitrogen and oxygen atoms in total. The van der Waals surface area contributed by atoms with E-state index in [0.29, 0.717) is 0 Å². The van der Waals surface area contributed by atoms with Crippen molar-refractivity contribution in [3.05, 3.63) is 92.3 Å². The Balaban J connectivity index is 1.30. The molecule has 0 amide bonds. The maximum absolute atomic E-state index is 5.14. The summed E-state index contributed by atoms with van der Waals surface area (Å²) in [4.78, 5) is 27.0. The number of nitrogens with one attached hydrogen (secondary N) is 2. The second kappa shape index (κ2) is 8.33. The van der Waals surface area contributed by atoms with Crippen molar-refractivity contribution in [3.8, 4) is 0 Å². The van der Waals surface area contributed by atoms with Crippen molar-refractivity contribution in [2.24, 2.45) is 0 Å². The molecule has 6 rings (SSSR count). The summed E-state index contributed by atoms with van der Waals surface area (Å²) in [6.07, 6.45) is 0. The van der Waals surface area contributed by atoms with Gasteiger partial charge in [0.25, 0.3) is 0 Å². The smallest absolute Gasteiger partial charge is 0.119 e. The molecule has 37 heavy (non-hydrogen) atoms. The molecular weight excluding hydrogens is 496 g/mol. The average Bonchev–Trinajstić information content (AvgIpc) is 3.68. The average molecular weight is 527 g/mol. The molecular formula is C29H30N6S2. The lowest BCUT2D eigenvalue weighted by Gasteiger charge is -2.22. The molecule has 2 aromatic carbocycles. The summed E-state index contributed by atoms with van der Waals surface area (Å²) in [6, 6.07) is 16.3. The predicted molar refractivity (Wildman–Crippen MR) is 153 cm³/mol. The minimum absolute atomic E-state index is 0.320. The maximum Gasteiger partial charge on any atom is 0.119 e. The van der Waals surface area contributed by atoms with E-state index in [0.717, 1.165) is 55.1 Å². The van der Waals surface area contributed by atoms with Gasteiger partial charge < -0.3 is 9.97 Å². The number of nitrogens with zero attached hydrogens (tertiary/aromatic N) is 4. The Bertz CT molecular complexity index is 1540. The lowest BCUT2D eigenvalue weighted by atomic mass is 9.88. The highest BCUT2D eigenvalue weighted by atomic mass is 32.1. The van der Waals surface area contributed by atoms with Crippen LogP contribution in [-0.4, -0.2) is 29.9 Å². The second-order valence-electron chi connectivity index (χ2n) is 11.2. The van der Waals surface area contributed by atoms with Gasteiger partial charge in [-0.1, -0.05) is 24.3 Å². The molecule has 4 heterocycles. The number of imidazole rings is 2. The third-order valence-corrected chi connectivity index (χ3v) is 9.65. The van der Waals surface area contributed by atoms with Crippen molar-refractivity contribution in [1.82, 2.24) is 29.9 Å². The van der Waals surface area contributed by atoms with Crippen LogP contribution in [0.1, 0.15) is 74.6 Å². The molecule has 0 saturated heterocycles. The van der Waals surface area contributed by atoms with Crippen LogP contribution < -0.4 is 0 Å². The number of hydrogen-bond donors (Lipinski definition) is 2. The first kappa shape index (κ1) is 24.0. The second-order valence-corrected chi connectivity index (χ2v) is 12.9. The van der Waals surface area contributed by atoms with Crippen LogP contribution in [0.4, 0.5) is 0 Å². The van der Waals surface area contributed by atoms with Crippen LogP contribution in [-0.2, 0) is 16.2 Å². The zero-order chi connectivity index (χ0) is 26.0. The number of fused-ring (bicyclic) bond motifs is 2. The van der Waals surface area contributed by atoms with Gasteiger partial charge in [0.15, 0.2) is 0 Å². The summed E-state index contributed by atoms with van der Waals surface area (Å²) in [7, 11) is 0. The molecule has 0 aliphatic carbocycles. The van der Waals surface area contributed by atoms with E-state index in [-0.39, 0.29) is 16.2 Å². The summed E-state index contributed by atoms with van der Waals surface area (Å²) in [6.45, 7) is 13.1. The van der Waals surface area contributed by atoms with Gasteiger partial charge in [0.05, 0.1) is 49.7 Å². The maximum atomic E-state index is 5.14. The van der Waals surface area contributed by atoms with Gasteiger partial charge in [-0.25, -0.2) is 19.9 Å². The number of para-hydroxylation sites is 4. The Morgan fingerprint density at radius 1 is 0.541 bits per heavy atom. The number of rotatable bonds is 6. The van der Waals surface area contributed by atoms with E-state index in [9.17, 15) is 0 Å². The fourth-order valence-corrected chi connectivity index (χ4v) is 6.82. The molecule has 2 N–H and O–H groups in total. The lowest BCUT2D eigenvalue weighted by Crippen LogP contribution is -2.24. The molecule has 0 unspecified atom stereocenters.